The molecule has 5 nitrogen and oxygen atoms in total. The Morgan fingerprint density at radius 3 is 2.90 bits per heavy atom. The van der Waals surface area contributed by atoms with Crippen LogP contribution in [0.1, 0.15) is 11.4 Å². The predicted molar refractivity (Wildman–Crippen MR) is 77.5 cm³/mol. The van der Waals surface area contributed by atoms with Gasteiger partial charge in [-0.15, -0.1) is 0 Å². The minimum Gasteiger partial charge on any atom is -0.333 e. The molecular weight excluding hydrogens is 252 g/mol. The Kier molecular flexibility index (Phi) is 3.52. The van der Waals surface area contributed by atoms with Crippen LogP contribution in [0.3, 0.4) is 0 Å². The molecule has 20 heavy (non-hydrogen) atoms. The Balaban J connectivity index is 1.83. The average Bonchev–Trinajstić information content (AvgIpc) is 2.78. The lowest BCUT2D eigenvalue weighted by atomic mass is 10.1. The van der Waals surface area contributed by atoms with Crippen molar-refractivity contribution in [1.29, 1.82) is 0 Å². The molecule has 1 aliphatic rings. The molecule has 1 amide bonds. The smallest absolute Gasteiger partial charge is 0.241 e. The molecule has 1 aliphatic heterocycles. The molecule has 3 rings (SSSR count). The number of carbonyl (C=O) groups excluding carboxylic acids is 1. The van der Waals surface area contributed by atoms with Crippen molar-refractivity contribution >= 4 is 11.6 Å². The van der Waals surface area contributed by atoms with Crippen LogP contribution in [-0.2, 0) is 17.9 Å². The number of benzene rings is 1. The number of hydrogen-bond donors (Lipinski definition) is 1. The van der Waals surface area contributed by atoms with Gasteiger partial charge in [-0.2, -0.15) is 0 Å². The Hall–Kier alpha value is -2.14. The van der Waals surface area contributed by atoms with Crippen LogP contribution in [0.5, 0.6) is 0 Å². The normalized spacial score (nSPS) is 15.1. The van der Waals surface area contributed by atoms with Gasteiger partial charge in [0, 0.05) is 37.7 Å². The molecule has 0 atom stereocenters. The minimum atomic E-state index is 0.118. The number of fused-ring (bicyclic) bond motifs is 1. The highest BCUT2D eigenvalue weighted by Gasteiger charge is 2.21. The van der Waals surface area contributed by atoms with E-state index in [-0.39, 0.29) is 5.91 Å². The first-order chi connectivity index (χ1) is 9.75. The molecule has 0 spiro atoms. The van der Waals surface area contributed by atoms with Gasteiger partial charge in [0.15, 0.2) is 0 Å². The van der Waals surface area contributed by atoms with E-state index in [2.05, 4.69) is 20.9 Å². The zero-order valence-electron chi connectivity index (χ0n) is 11.5. The second-order valence-corrected chi connectivity index (χ2v) is 4.95. The predicted octanol–water partition coefficient (Wildman–Crippen LogP) is 1.33. The number of amides is 1. The Bertz CT molecular complexity index is 620. The second-order valence-electron chi connectivity index (χ2n) is 4.95. The van der Waals surface area contributed by atoms with Crippen molar-refractivity contribution in [3.8, 4) is 0 Å². The lowest BCUT2D eigenvalue weighted by Crippen LogP contribution is -2.37. The average molecular weight is 270 g/mol. The summed E-state index contributed by atoms with van der Waals surface area (Å²) in [7, 11) is 0. The monoisotopic (exact) mass is 270 g/mol. The number of aryl methyl sites for hydroxylation is 1. The van der Waals surface area contributed by atoms with Crippen LogP contribution in [0.25, 0.3) is 0 Å². The van der Waals surface area contributed by atoms with Crippen LogP contribution in [-0.4, -0.2) is 28.5 Å². The molecule has 0 saturated heterocycles. The van der Waals surface area contributed by atoms with E-state index >= 15 is 0 Å². The maximum atomic E-state index is 12.3. The van der Waals surface area contributed by atoms with Crippen LogP contribution in [0.4, 0.5) is 5.69 Å². The number of carbonyl (C=O) groups is 1. The van der Waals surface area contributed by atoms with Crippen molar-refractivity contribution < 1.29 is 4.79 Å². The highest BCUT2D eigenvalue weighted by atomic mass is 16.2. The van der Waals surface area contributed by atoms with E-state index in [0.29, 0.717) is 13.1 Å². The first-order valence-corrected chi connectivity index (χ1v) is 6.82. The molecule has 1 aromatic heterocycles. The van der Waals surface area contributed by atoms with E-state index < -0.39 is 0 Å². The van der Waals surface area contributed by atoms with Gasteiger partial charge in [0.1, 0.15) is 5.82 Å². The molecule has 0 aliphatic carbocycles. The van der Waals surface area contributed by atoms with Gasteiger partial charge in [0.2, 0.25) is 5.91 Å². The third kappa shape index (κ3) is 2.44. The maximum absolute atomic E-state index is 12.3. The molecule has 0 saturated carbocycles. The Labute approximate surface area is 118 Å². The van der Waals surface area contributed by atoms with Gasteiger partial charge in [-0.3, -0.25) is 4.79 Å². The topological polar surface area (TPSA) is 50.2 Å². The van der Waals surface area contributed by atoms with E-state index in [1.807, 2.05) is 36.2 Å². The van der Waals surface area contributed by atoms with Crippen molar-refractivity contribution in [2.75, 3.05) is 18.0 Å². The highest BCUT2D eigenvalue weighted by molar-refractivity contribution is 5.96. The number of imidazole rings is 1. The fourth-order valence-corrected chi connectivity index (χ4v) is 2.55. The van der Waals surface area contributed by atoms with E-state index in [1.165, 1.54) is 5.56 Å². The third-order valence-corrected chi connectivity index (χ3v) is 3.66. The van der Waals surface area contributed by atoms with Crippen molar-refractivity contribution in [2.45, 2.75) is 20.0 Å². The quantitative estimate of drug-likeness (QED) is 0.915. The molecule has 0 unspecified atom stereocenters. The lowest BCUT2D eigenvalue weighted by molar-refractivity contribution is -0.117. The number of aromatic nitrogens is 2. The molecule has 2 aromatic rings. The second kappa shape index (κ2) is 5.46. The van der Waals surface area contributed by atoms with Gasteiger partial charge in [0.05, 0.1) is 6.54 Å². The largest absolute Gasteiger partial charge is 0.333 e. The van der Waals surface area contributed by atoms with Crippen LogP contribution >= 0.6 is 0 Å². The molecule has 5 heteroatoms. The summed E-state index contributed by atoms with van der Waals surface area (Å²) in [6.07, 6.45) is 3.73. The molecule has 0 bridgehead atoms. The standard InChI is InChI=1S/C15H18N4O/c1-12-17-6-7-18(12)8-9-19-14-5-3-2-4-13(14)10-16-11-15(19)20/h2-7,16H,8-11H2,1H3. The number of rotatable bonds is 3. The van der Waals surface area contributed by atoms with Gasteiger partial charge in [-0.05, 0) is 18.6 Å². The summed E-state index contributed by atoms with van der Waals surface area (Å²) < 4.78 is 2.06. The summed E-state index contributed by atoms with van der Waals surface area (Å²) in [5, 5.41) is 3.18. The fraction of sp³-hybridized carbons (Fsp3) is 0.333. The first-order valence-electron chi connectivity index (χ1n) is 6.82. The van der Waals surface area contributed by atoms with E-state index in [4.69, 9.17) is 0 Å². The van der Waals surface area contributed by atoms with Gasteiger partial charge in [-0.25, -0.2) is 4.98 Å². The highest BCUT2D eigenvalue weighted by Crippen LogP contribution is 2.22. The Morgan fingerprint density at radius 2 is 2.10 bits per heavy atom. The third-order valence-electron chi connectivity index (χ3n) is 3.66. The summed E-state index contributed by atoms with van der Waals surface area (Å²) in [6, 6.07) is 8.07. The van der Waals surface area contributed by atoms with E-state index in [1.54, 1.807) is 6.20 Å². The summed E-state index contributed by atoms with van der Waals surface area (Å²) in [4.78, 5) is 18.3. The summed E-state index contributed by atoms with van der Waals surface area (Å²) >= 11 is 0. The molecular formula is C15H18N4O. The van der Waals surface area contributed by atoms with Crippen LogP contribution < -0.4 is 10.2 Å². The van der Waals surface area contributed by atoms with Gasteiger partial charge in [-0.1, -0.05) is 18.2 Å². The maximum Gasteiger partial charge on any atom is 0.241 e. The number of hydrogen-bond acceptors (Lipinski definition) is 3. The lowest BCUT2D eigenvalue weighted by Gasteiger charge is -2.23. The number of nitrogens with zero attached hydrogens (tertiary/aromatic N) is 3. The first kappa shape index (κ1) is 12.9. The van der Waals surface area contributed by atoms with Crippen molar-refractivity contribution in [2.24, 2.45) is 0 Å². The molecule has 1 N–H and O–H groups in total. The van der Waals surface area contributed by atoms with Crippen LogP contribution in [0.2, 0.25) is 0 Å². The van der Waals surface area contributed by atoms with Crippen molar-refractivity contribution in [3.63, 3.8) is 0 Å². The van der Waals surface area contributed by atoms with E-state index in [9.17, 15) is 4.79 Å². The van der Waals surface area contributed by atoms with Gasteiger partial charge < -0.3 is 14.8 Å². The van der Waals surface area contributed by atoms with Gasteiger partial charge >= 0.3 is 0 Å². The van der Waals surface area contributed by atoms with Gasteiger partial charge in [0.25, 0.3) is 0 Å². The SMILES string of the molecule is Cc1nccn1CCN1C(=O)CNCc2ccccc21. The van der Waals surface area contributed by atoms with Crippen molar-refractivity contribution in [1.82, 2.24) is 14.9 Å². The summed E-state index contributed by atoms with van der Waals surface area (Å²) in [6.45, 7) is 4.51. The molecule has 0 radical (unpaired) electrons. The van der Waals surface area contributed by atoms with Crippen molar-refractivity contribution in [3.05, 3.63) is 48.0 Å². The number of anilines is 1. The molecule has 0 fully saturated rings. The number of para-hydroxylation sites is 1. The van der Waals surface area contributed by atoms with Crippen LogP contribution in [0, 0.1) is 6.92 Å². The summed E-state index contributed by atoms with van der Waals surface area (Å²) in [5.74, 6) is 1.09. The zero-order valence-corrected chi connectivity index (χ0v) is 11.5. The zero-order chi connectivity index (χ0) is 13.9. The van der Waals surface area contributed by atoms with E-state index in [0.717, 1.165) is 24.6 Å². The van der Waals surface area contributed by atoms with Crippen LogP contribution in [0.15, 0.2) is 36.7 Å². The molecule has 2 heterocycles. The Morgan fingerprint density at radius 1 is 1.25 bits per heavy atom. The molecule has 104 valence electrons. The minimum absolute atomic E-state index is 0.118. The summed E-state index contributed by atoms with van der Waals surface area (Å²) in [5.41, 5.74) is 2.18. The molecule has 1 aromatic carbocycles. The number of nitrogens with one attached hydrogen (secondary N) is 1. The fourth-order valence-electron chi connectivity index (χ4n) is 2.55.